The number of carbonyl (C=O) groups is 2. The maximum atomic E-state index is 12.3. The number of hydrogen-bond donors (Lipinski definition) is 1. The Balaban J connectivity index is 1.78. The Kier molecular flexibility index (Phi) is 3.33. The van der Waals surface area contributed by atoms with Gasteiger partial charge < -0.3 is 10.5 Å². The molecule has 0 radical (unpaired) electrons. The smallest absolute Gasteiger partial charge is 0.243 e. The number of benzene rings is 1. The van der Waals surface area contributed by atoms with Gasteiger partial charge in [0.05, 0.1) is 12.4 Å². The molecule has 2 fully saturated rings. The first kappa shape index (κ1) is 13.3. The van der Waals surface area contributed by atoms with Crippen molar-refractivity contribution in [2.24, 2.45) is 0 Å². The molecule has 1 saturated heterocycles. The number of rotatable bonds is 4. The maximum absolute atomic E-state index is 12.3. The summed E-state index contributed by atoms with van der Waals surface area (Å²) in [5.74, 6) is 0.554. The lowest BCUT2D eigenvalue weighted by Crippen LogP contribution is -2.33. The number of amides is 2. The van der Waals surface area contributed by atoms with Gasteiger partial charge in [-0.05, 0) is 31.0 Å². The van der Waals surface area contributed by atoms with E-state index >= 15 is 0 Å². The normalized spacial score (nSPS) is 22.4. The van der Waals surface area contributed by atoms with Crippen LogP contribution in [0.4, 0.5) is 5.69 Å². The quantitative estimate of drug-likeness (QED) is 0.675. The van der Waals surface area contributed by atoms with Gasteiger partial charge in [-0.2, -0.15) is 0 Å². The second kappa shape index (κ2) is 5.01. The summed E-state index contributed by atoms with van der Waals surface area (Å²) in [7, 11) is 1.58. The van der Waals surface area contributed by atoms with E-state index in [2.05, 4.69) is 0 Å². The molecule has 20 heavy (non-hydrogen) atoms. The first-order chi connectivity index (χ1) is 9.60. The molecular formula is C14H16N2O3S. The fourth-order valence-corrected chi connectivity index (χ4v) is 3.46. The average molecular weight is 292 g/mol. The second-order valence-corrected chi connectivity index (χ2v) is 6.29. The summed E-state index contributed by atoms with van der Waals surface area (Å²) in [6.07, 6.45) is 2.14. The summed E-state index contributed by atoms with van der Waals surface area (Å²) in [5, 5.41) is -0.363. The van der Waals surface area contributed by atoms with E-state index in [4.69, 9.17) is 10.5 Å². The summed E-state index contributed by atoms with van der Waals surface area (Å²) in [6, 6.07) is 5.47. The highest BCUT2D eigenvalue weighted by atomic mass is 32.2. The molecule has 1 atom stereocenters. The van der Waals surface area contributed by atoms with E-state index in [1.807, 2.05) is 0 Å². The van der Waals surface area contributed by atoms with E-state index in [9.17, 15) is 9.59 Å². The van der Waals surface area contributed by atoms with Crippen molar-refractivity contribution in [3.8, 4) is 5.75 Å². The first-order valence-electron chi connectivity index (χ1n) is 6.56. The third kappa shape index (κ3) is 2.35. The second-order valence-electron chi connectivity index (χ2n) is 5.05. The number of nitrogen functional groups attached to an aromatic ring is 1. The Morgan fingerprint density at radius 3 is 2.75 bits per heavy atom. The fourth-order valence-electron chi connectivity index (χ4n) is 2.33. The molecule has 1 unspecified atom stereocenters. The number of likely N-dealkylation sites (tertiary alicyclic amines) is 1. The number of thioether (sulfide) groups is 1. The Morgan fingerprint density at radius 2 is 2.10 bits per heavy atom. The predicted molar refractivity (Wildman–Crippen MR) is 76.5 cm³/mol. The van der Waals surface area contributed by atoms with Crippen molar-refractivity contribution >= 4 is 29.3 Å². The largest absolute Gasteiger partial charge is 0.497 e. The van der Waals surface area contributed by atoms with Crippen molar-refractivity contribution in [3.05, 3.63) is 18.2 Å². The standard InChI is InChI=1S/C14H16N2O3S/c1-19-9-4-5-10(15)11(6-9)20-12-7-13(17)16(14(12)18)8-2-3-8/h4-6,8,12H,2-3,7,15H2,1H3. The monoisotopic (exact) mass is 292 g/mol. The Labute approximate surface area is 121 Å². The molecule has 1 aliphatic carbocycles. The van der Waals surface area contributed by atoms with Crippen molar-refractivity contribution in [1.29, 1.82) is 0 Å². The van der Waals surface area contributed by atoms with Gasteiger partial charge in [0, 0.05) is 23.0 Å². The minimum atomic E-state index is -0.363. The van der Waals surface area contributed by atoms with Crippen LogP contribution in [0.1, 0.15) is 19.3 Å². The Morgan fingerprint density at radius 1 is 1.35 bits per heavy atom. The van der Waals surface area contributed by atoms with Gasteiger partial charge in [-0.15, -0.1) is 11.8 Å². The Hall–Kier alpha value is -1.69. The summed E-state index contributed by atoms with van der Waals surface area (Å²) in [5.41, 5.74) is 6.52. The van der Waals surface area contributed by atoms with Crippen LogP contribution in [-0.2, 0) is 9.59 Å². The number of imide groups is 1. The molecule has 106 valence electrons. The molecule has 0 spiro atoms. The highest BCUT2D eigenvalue weighted by molar-refractivity contribution is 8.00. The van der Waals surface area contributed by atoms with E-state index in [1.165, 1.54) is 16.7 Å². The van der Waals surface area contributed by atoms with E-state index in [0.29, 0.717) is 11.4 Å². The van der Waals surface area contributed by atoms with Crippen LogP contribution in [0.15, 0.2) is 23.1 Å². The zero-order valence-corrected chi connectivity index (χ0v) is 12.0. The van der Waals surface area contributed by atoms with Crippen molar-refractivity contribution in [3.63, 3.8) is 0 Å². The van der Waals surface area contributed by atoms with E-state index in [-0.39, 0.29) is 29.5 Å². The highest BCUT2D eigenvalue weighted by Crippen LogP contribution is 2.39. The zero-order valence-electron chi connectivity index (χ0n) is 11.2. The van der Waals surface area contributed by atoms with Crippen molar-refractivity contribution in [2.75, 3.05) is 12.8 Å². The molecule has 0 aromatic heterocycles. The van der Waals surface area contributed by atoms with E-state index in [0.717, 1.165) is 17.7 Å². The van der Waals surface area contributed by atoms with Crippen molar-refractivity contribution < 1.29 is 14.3 Å². The number of ether oxygens (including phenoxy) is 1. The van der Waals surface area contributed by atoms with Gasteiger partial charge in [0.15, 0.2) is 0 Å². The summed E-state index contributed by atoms with van der Waals surface area (Å²) < 4.78 is 5.16. The summed E-state index contributed by atoms with van der Waals surface area (Å²) >= 11 is 1.35. The molecule has 2 amide bonds. The van der Waals surface area contributed by atoms with Crippen LogP contribution in [0.2, 0.25) is 0 Å². The van der Waals surface area contributed by atoms with Crippen LogP contribution in [0.3, 0.4) is 0 Å². The maximum Gasteiger partial charge on any atom is 0.243 e. The van der Waals surface area contributed by atoms with Crippen LogP contribution in [0, 0.1) is 0 Å². The molecule has 1 heterocycles. The molecule has 5 nitrogen and oxygen atoms in total. The number of anilines is 1. The first-order valence-corrected chi connectivity index (χ1v) is 7.44. The van der Waals surface area contributed by atoms with Gasteiger partial charge >= 0.3 is 0 Å². The molecular weight excluding hydrogens is 276 g/mol. The van der Waals surface area contributed by atoms with Gasteiger partial charge in [0.2, 0.25) is 11.8 Å². The Bertz CT molecular complexity index is 572. The van der Waals surface area contributed by atoms with E-state index < -0.39 is 0 Å². The lowest BCUT2D eigenvalue weighted by Gasteiger charge is -2.14. The minimum Gasteiger partial charge on any atom is -0.497 e. The number of methoxy groups -OCH3 is 1. The van der Waals surface area contributed by atoms with Crippen LogP contribution >= 0.6 is 11.8 Å². The molecule has 2 N–H and O–H groups in total. The number of nitrogens with zero attached hydrogens (tertiary/aromatic N) is 1. The van der Waals surface area contributed by atoms with Crippen molar-refractivity contribution in [1.82, 2.24) is 4.90 Å². The van der Waals surface area contributed by atoms with Crippen LogP contribution in [0.5, 0.6) is 5.75 Å². The zero-order chi connectivity index (χ0) is 14.3. The number of nitrogens with two attached hydrogens (primary N) is 1. The number of carbonyl (C=O) groups excluding carboxylic acids is 2. The van der Waals surface area contributed by atoms with Crippen LogP contribution in [-0.4, -0.2) is 35.1 Å². The molecule has 0 bridgehead atoms. The van der Waals surface area contributed by atoms with Gasteiger partial charge in [0.1, 0.15) is 5.75 Å². The average Bonchev–Trinajstić information content (AvgIpc) is 3.21. The van der Waals surface area contributed by atoms with Crippen LogP contribution < -0.4 is 10.5 Å². The predicted octanol–water partition coefficient (Wildman–Crippen LogP) is 1.66. The molecule has 2 aliphatic rings. The lowest BCUT2D eigenvalue weighted by atomic mass is 10.3. The van der Waals surface area contributed by atoms with E-state index in [1.54, 1.807) is 25.3 Å². The summed E-state index contributed by atoms with van der Waals surface area (Å²) in [4.78, 5) is 26.4. The highest BCUT2D eigenvalue weighted by Gasteiger charge is 2.46. The SMILES string of the molecule is COc1ccc(N)c(SC2CC(=O)N(C3CC3)C2=O)c1. The van der Waals surface area contributed by atoms with Gasteiger partial charge in [0.25, 0.3) is 0 Å². The molecule has 3 rings (SSSR count). The molecule has 1 aromatic rings. The molecule has 6 heteroatoms. The van der Waals surface area contributed by atoms with Gasteiger partial charge in [-0.3, -0.25) is 14.5 Å². The number of hydrogen-bond acceptors (Lipinski definition) is 5. The third-order valence-electron chi connectivity index (χ3n) is 3.54. The van der Waals surface area contributed by atoms with Crippen LogP contribution in [0.25, 0.3) is 0 Å². The minimum absolute atomic E-state index is 0.0588. The topological polar surface area (TPSA) is 72.6 Å². The van der Waals surface area contributed by atoms with Crippen molar-refractivity contribution in [2.45, 2.75) is 35.4 Å². The fraction of sp³-hybridized carbons (Fsp3) is 0.429. The molecule has 1 aliphatic heterocycles. The summed E-state index contributed by atoms with van der Waals surface area (Å²) in [6.45, 7) is 0. The molecule has 1 saturated carbocycles. The van der Waals surface area contributed by atoms with Gasteiger partial charge in [-0.1, -0.05) is 0 Å². The molecule has 1 aromatic carbocycles. The van der Waals surface area contributed by atoms with Gasteiger partial charge in [-0.25, -0.2) is 0 Å². The third-order valence-corrected chi connectivity index (χ3v) is 4.80. The lowest BCUT2D eigenvalue weighted by molar-refractivity contribution is -0.138.